The van der Waals surface area contributed by atoms with E-state index in [1.54, 1.807) is 0 Å². The Morgan fingerprint density at radius 3 is 2.33 bits per heavy atom. The second kappa shape index (κ2) is 8.62. The van der Waals surface area contributed by atoms with Crippen molar-refractivity contribution < 1.29 is 4.74 Å². The van der Waals surface area contributed by atoms with Crippen molar-refractivity contribution in [1.82, 2.24) is 15.0 Å². The fourth-order valence-electron chi connectivity index (χ4n) is 3.89. The van der Waals surface area contributed by atoms with Crippen molar-refractivity contribution in [3.05, 3.63) is 48.0 Å². The maximum absolute atomic E-state index is 5.47. The Bertz CT molecular complexity index is 1040. The van der Waals surface area contributed by atoms with Crippen molar-refractivity contribution >= 4 is 34.8 Å². The number of hydrogen-bond acceptors (Lipinski definition) is 8. The second-order valence-electron chi connectivity index (χ2n) is 7.49. The van der Waals surface area contributed by atoms with Crippen molar-refractivity contribution in [2.24, 2.45) is 5.10 Å². The van der Waals surface area contributed by atoms with Crippen LogP contribution in [-0.2, 0) is 4.74 Å². The fraction of sp³-hybridized carbons (Fsp3) is 0.364. The summed E-state index contributed by atoms with van der Waals surface area (Å²) in [6, 6.07) is 14.5. The lowest BCUT2D eigenvalue weighted by molar-refractivity contribution is 0.122. The number of morpholine rings is 1. The van der Waals surface area contributed by atoms with Crippen molar-refractivity contribution in [2.75, 3.05) is 54.6 Å². The average Bonchev–Trinajstić information content (AvgIpc) is 3.35. The fourth-order valence-corrected chi connectivity index (χ4v) is 3.89. The van der Waals surface area contributed by atoms with E-state index in [-0.39, 0.29) is 0 Å². The topological polar surface area (TPSA) is 78.8 Å². The highest BCUT2D eigenvalue weighted by atomic mass is 16.5. The third kappa shape index (κ3) is 4.04. The van der Waals surface area contributed by atoms with Crippen LogP contribution in [-0.4, -0.2) is 60.6 Å². The number of hydrazone groups is 1. The summed E-state index contributed by atoms with van der Waals surface area (Å²) in [5.41, 5.74) is 4.07. The highest BCUT2D eigenvalue weighted by Gasteiger charge is 2.21. The Morgan fingerprint density at radius 1 is 0.833 bits per heavy atom. The van der Waals surface area contributed by atoms with Crippen LogP contribution < -0.4 is 15.2 Å². The minimum absolute atomic E-state index is 0.463. The summed E-state index contributed by atoms with van der Waals surface area (Å²) in [6.45, 7) is 4.89. The molecule has 0 aliphatic carbocycles. The molecule has 0 unspecified atom stereocenters. The number of nitrogens with one attached hydrogen (secondary N) is 1. The molecule has 2 aliphatic rings. The number of nitrogens with zero attached hydrogens (tertiary/aromatic N) is 6. The van der Waals surface area contributed by atoms with E-state index in [1.807, 2.05) is 24.4 Å². The maximum Gasteiger partial charge on any atom is 0.250 e. The molecule has 0 atom stereocenters. The van der Waals surface area contributed by atoms with Gasteiger partial charge in [-0.3, -0.25) is 0 Å². The summed E-state index contributed by atoms with van der Waals surface area (Å²) in [4.78, 5) is 18.3. The van der Waals surface area contributed by atoms with Crippen LogP contribution in [0.25, 0.3) is 10.8 Å². The third-order valence-electron chi connectivity index (χ3n) is 5.49. The Balaban J connectivity index is 1.41. The van der Waals surface area contributed by atoms with Crippen molar-refractivity contribution in [3.63, 3.8) is 0 Å². The lowest BCUT2D eigenvalue weighted by atomic mass is 10.1. The van der Waals surface area contributed by atoms with E-state index >= 15 is 0 Å². The van der Waals surface area contributed by atoms with Crippen molar-refractivity contribution in [1.29, 1.82) is 0 Å². The number of anilines is 3. The van der Waals surface area contributed by atoms with Crippen LogP contribution in [0.1, 0.15) is 18.4 Å². The van der Waals surface area contributed by atoms with Crippen LogP contribution in [0.15, 0.2) is 47.6 Å². The van der Waals surface area contributed by atoms with E-state index < -0.39 is 0 Å². The molecular formula is C22H25N7O. The van der Waals surface area contributed by atoms with Crippen LogP contribution in [0.3, 0.4) is 0 Å². The first-order valence-electron chi connectivity index (χ1n) is 10.5. The second-order valence-corrected chi connectivity index (χ2v) is 7.49. The van der Waals surface area contributed by atoms with Crippen LogP contribution in [0.2, 0.25) is 0 Å². The van der Waals surface area contributed by atoms with Gasteiger partial charge >= 0.3 is 0 Å². The van der Waals surface area contributed by atoms with Gasteiger partial charge in [-0.15, -0.1) is 0 Å². The molecule has 8 nitrogen and oxygen atoms in total. The highest BCUT2D eigenvalue weighted by Crippen LogP contribution is 2.21. The van der Waals surface area contributed by atoms with E-state index in [4.69, 9.17) is 9.72 Å². The van der Waals surface area contributed by atoms with Crippen LogP contribution in [0.4, 0.5) is 17.8 Å². The number of fused-ring (bicyclic) bond motifs is 1. The first-order valence-corrected chi connectivity index (χ1v) is 10.5. The minimum atomic E-state index is 0.463. The first-order chi connectivity index (χ1) is 14.9. The van der Waals surface area contributed by atoms with E-state index in [0.29, 0.717) is 31.1 Å². The zero-order chi connectivity index (χ0) is 20.2. The summed E-state index contributed by atoms with van der Waals surface area (Å²) in [6.07, 6.45) is 4.15. The molecule has 1 N–H and O–H groups in total. The van der Waals surface area contributed by atoms with Crippen molar-refractivity contribution in [3.8, 4) is 0 Å². The number of rotatable bonds is 5. The lowest BCUT2D eigenvalue weighted by Crippen LogP contribution is -2.38. The molecule has 0 spiro atoms. The van der Waals surface area contributed by atoms with Gasteiger partial charge < -0.3 is 14.5 Å². The Labute approximate surface area is 175 Å². The number of ether oxygens (including phenoxy) is 1. The minimum Gasteiger partial charge on any atom is -0.378 e. The molecule has 2 fully saturated rings. The summed E-state index contributed by atoms with van der Waals surface area (Å²) < 4.78 is 5.47. The first kappa shape index (κ1) is 18.7. The van der Waals surface area contributed by atoms with Crippen LogP contribution >= 0.6 is 0 Å². The van der Waals surface area contributed by atoms with Gasteiger partial charge in [0.25, 0.3) is 0 Å². The monoisotopic (exact) mass is 403 g/mol. The molecule has 0 amide bonds. The summed E-state index contributed by atoms with van der Waals surface area (Å²) >= 11 is 0. The molecule has 2 saturated heterocycles. The third-order valence-corrected chi connectivity index (χ3v) is 5.49. The van der Waals surface area contributed by atoms with Gasteiger partial charge in [0, 0.05) is 31.7 Å². The van der Waals surface area contributed by atoms with Gasteiger partial charge in [-0.25, -0.2) is 5.43 Å². The lowest BCUT2D eigenvalue weighted by Gasteiger charge is -2.27. The molecule has 2 aliphatic heterocycles. The smallest absolute Gasteiger partial charge is 0.250 e. The Hall–Kier alpha value is -3.26. The van der Waals surface area contributed by atoms with Crippen LogP contribution in [0, 0.1) is 0 Å². The largest absolute Gasteiger partial charge is 0.378 e. The zero-order valence-electron chi connectivity index (χ0n) is 16.9. The molecule has 8 heteroatoms. The molecule has 3 heterocycles. The maximum atomic E-state index is 5.47. The van der Waals surface area contributed by atoms with Gasteiger partial charge in [0.1, 0.15) is 0 Å². The SMILES string of the molecule is C(=N\Nc1nc(N2CCCC2)nc(N2CCOCC2)n1)/c1cccc2ccccc12. The van der Waals surface area contributed by atoms with Crippen LogP contribution in [0.5, 0.6) is 0 Å². The van der Waals surface area contributed by atoms with Gasteiger partial charge in [0.15, 0.2) is 0 Å². The normalized spacial score (nSPS) is 17.2. The molecule has 30 heavy (non-hydrogen) atoms. The number of benzene rings is 2. The Kier molecular flexibility index (Phi) is 5.39. The highest BCUT2D eigenvalue weighted by molar-refractivity contribution is 5.99. The molecule has 0 saturated carbocycles. The van der Waals surface area contributed by atoms with Gasteiger partial charge in [0.2, 0.25) is 17.8 Å². The van der Waals surface area contributed by atoms with Gasteiger partial charge in [-0.2, -0.15) is 20.1 Å². The number of aromatic nitrogens is 3. The predicted octanol–water partition coefficient (Wildman–Crippen LogP) is 2.91. The average molecular weight is 403 g/mol. The molecule has 1 aromatic heterocycles. The zero-order valence-corrected chi connectivity index (χ0v) is 16.9. The molecule has 0 bridgehead atoms. The van der Waals surface area contributed by atoms with Gasteiger partial charge in [0.05, 0.1) is 19.4 Å². The molecule has 0 radical (unpaired) electrons. The summed E-state index contributed by atoms with van der Waals surface area (Å²) in [5.74, 6) is 1.86. The van der Waals surface area contributed by atoms with E-state index in [9.17, 15) is 0 Å². The quantitative estimate of drug-likeness (QED) is 0.518. The summed E-state index contributed by atoms with van der Waals surface area (Å²) in [7, 11) is 0. The standard InChI is InChI=1S/C22H25N7O/c1-2-9-19-17(6-1)7-5-8-18(19)16-23-27-20-24-21(28-10-3-4-11-28)26-22(25-20)29-12-14-30-15-13-29/h1-2,5-9,16H,3-4,10-15H2,(H,24,25,26,27)/b23-16+. The predicted molar refractivity (Wildman–Crippen MR) is 119 cm³/mol. The molecule has 154 valence electrons. The summed E-state index contributed by atoms with van der Waals surface area (Å²) in [5, 5.41) is 6.77. The Morgan fingerprint density at radius 2 is 1.53 bits per heavy atom. The molecule has 3 aromatic rings. The van der Waals surface area contributed by atoms with E-state index in [2.05, 4.69) is 54.6 Å². The van der Waals surface area contributed by atoms with Gasteiger partial charge in [-0.1, -0.05) is 42.5 Å². The van der Waals surface area contributed by atoms with Crippen molar-refractivity contribution in [2.45, 2.75) is 12.8 Å². The van der Waals surface area contributed by atoms with Gasteiger partial charge in [-0.05, 0) is 23.6 Å². The van der Waals surface area contributed by atoms with E-state index in [1.165, 1.54) is 18.2 Å². The van der Waals surface area contributed by atoms with E-state index in [0.717, 1.165) is 37.1 Å². The number of hydrogen-bond donors (Lipinski definition) is 1. The molecular weight excluding hydrogens is 378 g/mol. The molecule has 5 rings (SSSR count). The molecule has 2 aromatic carbocycles.